The third-order valence-corrected chi connectivity index (χ3v) is 5.98. The van der Waals surface area contributed by atoms with Gasteiger partial charge in [0, 0.05) is 24.7 Å². The summed E-state index contributed by atoms with van der Waals surface area (Å²) in [5, 5.41) is 0. The van der Waals surface area contributed by atoms with Gasteiger partial charge in [0.25, 0.3) is 0 Å². The fourth-order valence-electron chi connectivity index (χ4n) is 2.93. The standard InChI is InChI=1S/C14H20N2O4S/c1-10(15)12-4-2-3-7-16(12)21(17,18)11-5-6-13-14(8-11)20-9-19-13/h5-6,8,10,12H,2-4,7,9,15H2,1H3/t10-,12-/m1/s1. The highest BCUT2D eigenvalue weighted by atomic mass is 32.2. The highest BCUT2D eigenvalue weighted by Gasteiger charge is 2.35. The molecule has 2 aliphatic heterocycles. The zero-order valence-corrected chi connectivity index (χ0v) is 12.8. The summed E-state index contributed by atoms with van der Waals surface area (Å²) in [4.78, 5) is 0.235. The molecule has 1 fully saturated rings. The summed E-state index contributed by atoms with van der Waals surface area (Å²) in [6.45, 7) is 2.51. The van der Waals surface area contributed by atoms with Crippen LogP contribution < -0.4 is 15.2 Å². The van der Waals surface area contributed by atoms with Crippen LogP contribution in [0.4, 0.5) is 0 Å². The summed E-state index contributed by atoms with van der Waals surface area (Å²) >= 11 is 0. The van der Waals surface area contributed by atoms with Gasteiger partial charge in [-0.3, -0.25) is 0 Å². The zero-order valence-electron chi connectivity index (χ0n) is 12.0. The lowest BCUT2D eigenvalue weighted by Gasteiger charge is -2.36. The van der Waals surface area contributed by atoms with Gasteiger partial charge in [-0.1, -0.05) is 6.42 Å². The Balaban J connectivity index is 1.95. The second-order valence-electron chi connectivity index (χ2n) is 5.55. The SMILES string of the molecule is C[C@@H](N)[C@H]1CCCCN1S(=O)(=O)c1ccc2c(c1)OCO2. The largest absolute Gasteiger partial charge is 0.454 e. The van der Waals surface area contributed by atoms with Gasteiger partial charge in [-0.2, -0.15) is 4.31 Å². The van der Waals surface area contributed by atoms with Crippen molar-refractivity contribution in [1.82, 2.24) is 4.31 Å². The fraction of sp³-hybridized carbons (Fsp3) is 0.571. The van der Waals surface area contributed by atoms with Gasteiger partial charge in [0.1, 0.15) is 0 Å². The first-order valence-corrected chi connectivity index (χ1v) is 8.61. The second kappa shape index (κ2) is 5.47. The third kappa shape index (κ3) is 2.61. The molecular formula is C14H20N2O4S. The molecule has 21 heavy (non-hydrogen) atoms. The van der Waals surface area contributed by atoms with Crippen LogP contribution >= 0.6 is 0 Å². The molecule has 2 atom stereocenters. The number of nitrogens with two attached hydrogens (primary N) is 1. The number of sulfonamides is 1. The van der Waals surface area contributed by atoms with Crippen LogP contribution in [0.2, 0.25) is 0 Å². The Hall–Kier alpha value is -1.31. The van der Waals surface area contributed by atoms with Crippen molar-refractivity contribution < 1.29 is 17.9 Å². The summed E-state index contributed by atoms with van der Waals surface area (Å²) in [5.41, 5.74) is 5.97. The number of nitrogens with zero attached hydrogens (tertiary/aromatic N) is 1. The van der Waals surface area contributed by atoms with E-state index in [4.69, 9.17) is 15.2 Å². The monoisotopic (exact) mass is 312 g/mol. The van der Waals surface area contributed by atoms with Crippen LogP contribution in [0.5, 0.6) is 11.5 Å². The third-order valence-electron chi connectivity index (χ3n) is 4.06. The molecule has 1 saturated heterocycles. The average Bonchev–Trinajstić information content (AvgIpc) is 2.94. The predicted octanol–water partition coefficient (Wildman–Crippen LogP) is 1.31. The van der Waals surface area contributed by atoms with Crippen molar-refractivity contribution in [3.8, 4) is 11.5 Å². The summed E-state index contributed by atoms with van der Waals surface area (Å²) in [6.07, 6.45) is 2.69. The number of piperidine rings is 1. The van der Waals surface area contributed by atoms with Crippen molar-refractivity contribution in [3.05, 3.63) is 18.2 Å². The van der Waals surface area contributed by atoms with Crippen molar-refractivity contribution in [3.63, 3.8) is 0 Å². The van der Waals surface area contributed by atoms with E-state index in [1.807, 2.05) is 6.92 Å². The Bertz CT molecular complexity index is 630. The summed E-state index contributed by atoms with van der Waals surface area (Å²) in [7, 11) is -3.56. The number of rotatable bonds is 3. The minimum Gasteiger partial charge on any atom is -0.454 e. The number of hydrogen-bond acceptors (Lipinski definition) is 5. The van der Waals surface area contributed by atoms with Crippen molar-refractivity contribution >= 4 is 10.0 Å². The Morgan fingerprint density at radius 3 is 2.81 bits per heavy atom. The maximum atomic E-state index is 12.9. The molecule has 6 nitrogen and oxygen atoms in total. The molecule has 2 aliphatic rings. The number of fused-ring (bicyclic) bond motifs is 1. The van der Waals surface area contributed by atoms with E-state index in [2.05, 4.69) is 0 Å². The van der Waals surface area contributed by atoms with Gasteiger partial charge in [-0.25, -0.2) is 8.42 Å². The molecular weight excluding hydrogens is 292 g/mol. The zero-order chi connectivity index (χ0) is 15.0. The maximum Gasteiger partial charge on any atom is 0.243 e. The Kier molecular flexibility index (Phi) is 3.81. The van der Waals surface area contributed by atoms with Crippen LogP contribution in [-0.4, -0.2) is 38.1 Å². The highest BCUT2D eigenvalue weighted by molar-refractivity contribution is 7.89. The molecule has 2 heterocycles. The van der Waals surface area contributed by atoms with E-state index in [1.165, 1.54) is 6.07 Å². The second-order valence-corrected chi connectivity index (χ2v) is 7.44. The van der Waals surface area contributed by atoms with E-state index in [9.17, 15) is 8.42 Å². The lowest BCUT2D eigenvalue weighted by atomic mass is 10.00. The van der Waals surface area contributed by atoms with E-state index in [-0.39, 0.29) is 23.8 Å². The minimum absolute atomic E-state index is 0.130. The topological polar surface area (TPSA) is 81.9 Å². The van der Waals surface area contributed by atoms with Gasteiger partial charge in [0.2, 0.25) is 16.8 Å². The molecule has 0 aromatic heterocycles. The summed E-state index contributed by atoms with van der Waals surface area (Å²) < 4.78 is 37.8. The molecule has 1 aromatic rings. The van der Waals surface area contributed by atoms with Crippen molar-refractivity contribution in [2.24, 2.45) is 5.73 Å². The Morgan fingerprint density at radius 1 is 1.29 bits per heavy atom. The summed E-state index contributed by atoms with van der Waals surface area (Å²) in [5.74, 6) is 1.06. The quantitative estimate of drug-likeness (QED) is 0.910. The van der Waals surface area contributed by atoms with Crippen molar-refractivity contribution in [1.29, 1.82) is 0 Å². The summed E-state index contributed by atoms with van der Waals surface area (Å²) in [6, 6.07) is 4.41. The fourth-order valence-corrected chi connectivity index (χ4v) is 4.72. The van der Waals surface area contributed by atoms with Gasteiger partial charge in [0.05, 0.1) is 4.90 Å². The molecule has 116 valence electrons. The van der Waals surface area contributed by atoms with E-state index in [0.29, 0.717) is 18.0 Å². The molecule has 0 amide bonds. The molecule has 0 saturated carbocycles. The number of benzene rings is 1. The van der Waals surface area contributed by atoms with E-state index >= 15 is 0 Å². The van der Waals surface area contributed by atoms with Crippen LogP contribution in [-0.2, 0) is 10.0 Å². The van der Waals surface area contributed by atoms with Gasteiger partial charge in [0.15, 0.2) is 11.5 Å². The lowest BCUT2D eigenvalue weighted by Crippen LogP contribution is -2.51. The number of hydrogen-bond donors (Lipinski definition) is 1. The first-order chi connectivity index (χ1) is 10.00. The lowest BCUT2D eigenvalue weighted by molar-refractivity contribution is 0.174. The van der Waals surface area contributed by atoms with Crippen LogP contribution in [0.3, 0.4) is 0 Å². The Morgan fingerprint density at radius 2 is 2.05 bits per heavy atom. The minimum atomic E-state index is -3.56. The molecule has 0 bridgehead atoms. The molecule has 1 aromatic carbocycles. The molecule has 0 spiro atoms. The smallest absolute Gasteiger partial charge is 0.243 e. The highest BCUT2D eigenvalue weighted by Crippen LogP contribution is 2.35. The normalized spacial score (nSPS) is 24.0. The van der Waals surface area contributed by atoms with Crippen LogP contribution in [0, 0.1) is 0 Å². The molecule has 3 rings (SSSR count). The Labute approximate surface area is 124 Å². The van der Waals surface area contributed by atoms with Gasteiger partial charge in [-0.05, 0) is 31.9 Å². The van der Waals surface area contributed by atoms with Gasteiger partial charge >= 0.3 is 0 Å². The molecule has 0 aliphatic carbocycles. The van der Waals surface area contributed by atoms with Crippen molar-refractivity contribution in [2.75, 3.05) is 13.3 Å². The van der Waals surface area contributed by atoms with Crippen molar-refractivity contribution in [2.45, 2.75) is 43.2 Å². The molecule has 0 radical (unpaired) electrons. The maximum absolute atomic E-state index is 12.9. The molecule has 7 heteroatoms. The number of ether oxygens (including phenoxy) is 2. The molecule has 2 N–H and O–H groups in total. The average molecular weight is 312 g/mol. The van der Waals surface area contributed by atoms with E-state index < -0.39 is 10.0 Å². The van der Waals surface area contributed by atoms with Crippen LogP contribution in [0.15, 0.2) is 23.1 Å². The van der Waals surface area contributed by atoms with Gasteiger partial charge < -0.3 is 15.2 Å². The first kappa shape index (κ1) is 14.6. The van der Waals surface area contributed by atoms with E-state index in [1.54, 1.807) is 16.4 Å². The first-order valence-electron chi connectivity index (χ1n) is 7.17. The predicted molar refractivity (Wildman–Crippen MR) is 77.7 cm³/mol. The van der Waals surface area contributed by atoms with Crippen LogP contribution in [0.25, 0.3) is 0 Å². The van der Waals surface area contributed by atoms with E-state index in [0.717, 1.165) is 19.3 Å². The van der Waals surface area contributed by atoms with Gasteiger partial charge in [-0.15, -0.1) is 0 Å². The molecule has 0 unspecified atom stereocenters. The van der Waals surface area contributed by atoms with Crippen LogP contribution in [0.1, 0.15) is 26.2 Å².